The van der Waals surface area contributed by atoms with Crippen molar-refractivity contribution in [3.05, 3.63) is 139 Å². The van der Waals surface area contributed by atoms with Gasteiger partial charge in [-0.25, -0.2) is 9.97 Å². The van der Waals surface area contributed by atoms with Crippen molar-refractivity contribution in [2.45, 2.75) is 13.3 Å². The minimum absolute atomic E-state index is 0.506. The highest BCUT2D eigenvalue weighted by Gasteiger charge is 2.24. The van der Waals surface area contributed by atoms with E-state index in [0.717, 1.165) is 39.5 Å². The number of benzene rings is 5. The molecule has 214 valence electrons. The highest BCUT2D eigenvalue weighted by Crippen LogP contribution is 2.47. The van der Waals surface area contributed by atoms with E-state index in [1.165, 1.54) is 48.3 Å². The van der Waals surface area contributed by atoms with E-state index in [1.807, 2.05) is 12.4 Å². The van der Waals surface area contributed by atoms with Gasteiger partial charge in [0.1, 0.15) is 11.5 Å². The highest BCUT2D eigenvalue weighted by molar-refractivity contribution is 7.23. The normalized spacial score (nSPS) is 14.4. The Kier molecular flexibility index (Phi) is 6.03. The molecule has 0 N–H and O–H groups in total. The molecular weight excluding hydrogens is 569 g/mol. The molecule has 1 atom stereocenters. The third-order valence-electron chi connectivity index (χ3n) is 8.94. The van der Waals surface area contributed by atoms with Crippen LogP contribution < -0.4 is 0 Å². The second-order valence-electron chi connectivity index (χ2n) is 11.8. The van der Waals surface area contributed by atoms with E-state index in [9.17, 15) is 0 Å². The first-order valence-electron chi connectivity index (χ1n) is 15.4. The Bertz CT molecular complexity index is 2360. The van der Waals surface area contributed by atoms with Crippen LogP contribution in [0.4, 0.5) is 0 Å². The van der Waals surface area contributed by atoms with Crippen molar-refractivity contribution >= 4 is 49.0 Å². The van der Waals surface area contributed by atoms with Crippen LogP contribution >= 0.6 is 11.3 Å². The van der Waals surface area contributed by atoms with Gasteiger partial charge in [-0.2, -0.15) is 0 Å². The molecule has 45 heavy (non-hydrogen) atoms. The summed E-state index contributed by atoms with van der Waals surface area (Å²) in [7, 11) is 0. The number of allylic oxidation sites excluding steroid dienone is 1. The lowest BCUT2D eigenvalue weighted by Crippen LogP contribution is -1.99. The molecule has 1 unspecified atom stereocenters. The Morgan fingerprint density at radius 3 is 1.89 bits per heavy atom. The molecule has 8 aromatic rings. The van der Waals surface area contributed by atoms with Crippen molar-refractivity contribution in [1.29, 1.82) is 0 Å². The van der Waals surface area contributed by atoms with Crippen LogP contribution in [0.2, 0.25) is 0 Å². The lowest BCUT2D eigenvalue weighted by Gasteiger charge is -2.17. The molecule has 3 aromatic heterocycles. The molecule has 0 saturated carbocycles. The Balaban J connectivity index is 1.22. The van der Waals surface area contributed by atoms with Crippen LogP contribution in [-0.4, -0.2) is 9.97 Å². The zero-order valence-electron chi connectivity index (χ0n) is 24.7. The first kappa shape index (κ1) is 26.1. The SMILES string of the molecule is CC1C=Cc2oc(-c3c(-c4ncc(-c5c6ccccc6c(-c6ccccc6)c6ccccc56)cn4)sc4ccccc34)cc2C1. The molecule has 1 aliphatic rings. The van der Waals surface area contributed by atoms with E-state index in [4.69, 9.17) is 14.4 Å². The molecule has 0 amide bonds. The maximum Gasteiger partial charge on any atom is 0.170 e. The molecule has 9 rings (SSSR count). The van der Waals surface area contributed by atoms with E-state index in [-0.39, 0.29) is 0 Å². The van der Waals surface area contributed by atoms with Crippen molar-refractivity contribution in [3.63, 3.8) is 0 Å². The molecule has 0 aliphatic heterocycles. The fraction of sp³-hybridized carbons (Fsp3) is 0.0732. The average Bonchev–Trinajstić information content (AvgIpc) is 3.69. The Morgan fingerprint density at radius 1 is 0.644 bits per heavy atom. The maximum absolute atomic E-state index is 6.47. The van der Waals surface area contributed by atoms with Crippen LogP contribution in [-0.2, 0) is 6.42 Å². The van der Waals surface area contributed by atoms with E-state index < -0.39 is 0 Å². The monoisotopic (exact) mass is 596 g/mol. The number of rotatable bonds is 4. The van der Waals surface area contributed by atoms with Crippen LogP contribution in [0.25, 0.3) is 82.0 Å². The third kappa shape index (κ3) is 4.25. The van der Waals surface area contributed by atoms with Gasteiger partial charge in [0, 0.05) is 39.2 Å². The van der Waals surface area contributed by atoms with Crippen LogP contribution in [0.5, 0.6) is 0 Å². The number of hydrogen-bond donors (Lipinski definition) is 0. The zero-order valence-corrected chi connectivity index (χ0v) is 25.5. The summed E-state index contributed by atoms with van der Waals surface area (Å²) in [6.07, 6.45) is 9.31. The standard InChI is InChI=1S/C41H28N2OS/c1-25-19-20-34-27(21-25)22-35(44-34)39-33-17-9-10-18-36(33)45-40(39)41-42-23-28(24-43-41)38-31-15-7-5-13-29(31)37(26-11-3-2-4-12-26)30-14-6-8-16-32(30)38/h2-20,22-25H,21H2,1H3. The number of fused-ring (bicyclic) bond motifs is 4. The van der Waals surface area contributed by atoms with Gasteiger partial charge in [-0.3, -0.25) is 0 Å². The summed E-state index contributed by atoms with van der Waals surface area (Å²) in [6, 6.07) is 38.8. The van der Waals surface area contributed by atoms with E-state index in [1.54, 1.807) is 11.3 Å². The van der Waals surface area contributed by atoms with Gasteiger partial charge in [0.25, 0.3) is 0 Å². The van der Waals surface area contributed by atoms with Crippen molar-refractivity contribution in [2.24, 2.45) is 5.92 Å². The van der Waals surface area contributed by atoms with Crippen molar-refractivity contribution in [1.82, 2.24) is 9.97 Å². The summed E-state index contributed by atoms with van der Waals surface area (Å²) in [5, 5.41) is 5.99. The summed E-state index contributed by atoms with van der Waals surface area (Å²) in [6.45, 7) is 2.24. The molecule has 3 heterocycles. The van der Waals surface area contributed by atoms with E-state index >= 15 is 0 Å². The summed E-state index contributed by atoms with van der Waals surface area (Å²) >= 11 is 1.72. The quantitative estimate of drug-likeness (QED) is 0.190. The molecule has 0 bridgehead atoms. The van der Waals surface area contributed by atoms with E-state index in [0.29, 0.717) is 11.7 Å². The molecule has 0 spiro atoms. The topological polar surface area (TPSA) is 38.9 Å². The Morgan fingerprint density at radius 2 is 1.22 bits per heavy atom. The maximum atomic E-state index is 6.47. The van der Waals surface area contributed by atoms with Gasteiger partial charge in [-0.15, -0.1) is 11.3 Å². The minimum atomic E-state index is 0.506. The molecule has 0 saturated heterocycles. The number of furan rings is 1. The van der Waals surface area contributed by atoms with Crippen LogP contribution in [0.3, 0.4) is 0 Å². The lowest BCUT2D eigenvalue weighted by molar-refractivity contribution is 0.558. The van der Waals surface area contributed by atoms with Crippen LogP contribution in [0.15, 0.2) is 132 Å². The minimum Gasteiger partial charge on any atom is -0.456 e. The van der Waals surface area contributed by atoms with Crippen LogP contribution in [0.1, 0.15) is 18.2 Å². The predicted octanol–water partition coefficient (Wildman–Crippen LogP) is 11.5. The number of nitrogens with zero attached hydrogens (tertiary/aromatic N) is 2. The molecule has 1 aliphatic carbocycles. The molecule has 0 radical (unpaired) electrons. The smallest absolute Gasteiger partial charge is 0.170 e. The zero-order chi connectivity index (χ0) is 29.9. The second kappa shape index (κ2) is 10.4. The fourth-order valence-corrected chi connectivity index (χ4v) is 8.07. The largest absolute Gasteiger partial charge is 0.456 e. The highest BCUT2D eigenvalue weighted by atomic mass is 32.1. The van der Waals surface area contributed by atoms with Gasteiger partial charge in [0.05, 0.1) is 4.88 Å². The number of hydrogen-bond acceptors (Lipinski definition) is 4. The summed E-state index contributed by atoms with van der Waals surface area (Å²) in [5.41, 5.74) is 6.95. The lowest BCUT2D eigenvalue weighted by atomic mass is 9.86. The van der Waals surface area contributed by atoms with Gasteiger partial charge in [-0.05, 0) is 68.8 Å². The first-order chi connectivity index (χ1) is 22.2. The summed E-state index contributed by atoms with van der Waals surface area (Å²) < 4.78 is 7.67. The summed E-state index contributed by atoms with van der Waals surface area (Å²) in [4.78, 5) is 11.1. The van der Waals surface area contributed by atoms with Crippen molar-refractivity contribution in [3.8, 4) is 44.3 Å². The van der Waals surface area contributed by atoms with Gasteiger partial charge < -0.3 is 4.42 Å². The Hall–Kier alpha value is -5.32. The second-order valence-corrected chi connectivity index (χ2v) is 12.9. The van der Waals surface area contributed by atoms with Crippen molar-refractivity contribution in [2.75, 3.05) is 0 Å². The average molecular weight is 597 g/mol. The summed E-state index contributed by atoms with van der Waals surface area (Å²) in [5.74, 6) is 3.06. The van der Waals surface area contributed by atoms with Gasteiger partial charge >= 0.3 is 0 Å². The van der Waals surface area contributed by atoms with E-state index in [2.05, 4.69) is 128 Å². The molecule has 5 aromatic carbocycles. The third-order valence-corrected chi connectivity index (χ3v) is 10.1. The van der Waals surface area contributed by atoms with Crippen molar-refractivity contribution < 1.29 is 4.42 Å². The number of thiophene rings is 1. The number of aromatic nitrogens is 2. The van der Waals surface area contributed by atoms with Gasteiger partial charge in [0.2, 0.25) is 0 Å². The Labute approximate surface area is 265 Å². The predicted molar refractivity (Wildman–Crippen MR) is 188 cm³/mol. The van der Waals surface area contributed by atoms with Gasteiger partial charge in [0.15, 0.2) is 5.82 Å². The fourth-order valence-electron chi connectivity index (χ4n) is 6.91. The van der Waals surface area contributed by atoms with Gasteiger partial charge in [-0.1, -0.05) is 110 Å². The molecule has 4 heteroatoms. The first-order valence-corrected chi connectivity index (χ1v) is 16.2. The van der Waals surface area contributed by atoms with Crippen LogP contribution in [0, 0.1) is 5.92 Å². The molecule has 3 nitrogen and oxygen atoms in total. The molecular formula is C41H28N2OS. The molecule has 0 fully saturated rings.